The number of carbonyl (C=O) groups excluding carboxylic acids is 1. The van der Waals surface area contributed by atoms with Crippen LogP contribution in [0.25, 0.3) is 0 Å². The average molecular weight is 247 g/mol. The number of nitro groups is 1. The van der Waals surface area contributed by atoms with Crippen molar-refractivity contribution in [2.24, 2.45) is 11.8 Å². The second kappa shape index (κ2) is 11.4. The van der Waals surface area contributed by atoms with Gasteiger partial charge in [0.2, 0.25) is 6.54 Å². The molecule has 0 aliphatic heterocycles. The van der Waals surface area contributed by atoms with Gasteiger partial charge in [0.1, 0.15) is 0 Å². The van der Waals surface area contributed by atoms with Gasteiger partial charge in [-0.05, 0) is 19.3 Å². The Balaban J connectivity index is 0. The quantitative estimate of drug-likeness (QED) is 0.394. The van der Waals surface area contributed by atoms with Crippen molar-refractivity contribution in [3.63, 3.8) is 0 Å². The second-order valence-electron chi connectivity index (χ2n) is 4.02. The molecule has 102 valence electrons. The highest BCUT2D eigenvalue weighted by atomic mass is 16.6. The fraction of sp³-hybridized carbons (Fsp3) is 0.917. The fourth-order valence-electron chi connectivity index (χ4n) is 1.56. The van der Waals surface area contributed by atoms with Gasteiger partial charge in [-0.3, -0.25) is 14.9 Å². The predicted molar refractivity (Wildman–Crippen MR) is 67.4 cm³/mol. The Labute approximate surface area is 104 Å². The Morgan fingerprint density at radius 1 is 1.35 bits per heavy atom. The lowest BCUT2D eigenvalue weighted by Gasteiger charge is -2.13. The molecule has 0 heterocycles. The van der Waals surface area contributed by atoms with Crippen LogP contribution in [0.3, 0.4) is 0 Å². The number of nitrogens with zero attached hydrogens (tertiary/aromatic N) is 1. The van der Waals surface area contributed by atoms with Crippen molar-refractivity contribution < 1.29 is 14.5 Å². The molecule has 0 aromatic rings. The van der Waals surface area contributed by atoms with E-state index in [9.17, 15) is 14.9 Å². The molecule has 0 bridgehead atoms. The third kappa shape index (κ3) is 12.8. The van der Waals surface area contributed by atoms with E-state index < -0.39 is 0 Å². The van der Waals surface area contributed by atoms with Gasteiger partial charge in [-0.25, -0.2) is 0 Å². The maximum Gasteiger partial charge on any atom is 0.306 e. The zero-order valence-corrected chi connectivity index (χ0v) is 11.6. The Morgan fingerprint density at radius 2 is 1.88 bits per heavy atom. The highest BCUT2D eigenvalue weighted by Crippen LogP contribution is 2.16. The molecule has 0 fully saturated rings. The number of carbonyl (C=O) groups is 1. The lowest BCUT2D eigenvalue weighted by Crippen LogP contribution is -2.21. The molecule has 0 saturated heterocycles. The van der Waals surface area contributed by atoms with Gasteiger partial charge in [-0.2, -0.15) is 0 Å². The summed E-state index contributed by atoms with van der Waals surface area (Å²) in [5.41, 5.74) is 0. The summed E-state index contributed by atoms with van der Waals surface area (Å²) in [4.78, 5) is 21.2. The molecule has 5 heteroatoms. The van der Waals surface area contributed by atoms with Crippen molar-refractivity contribution in [3.05, 3.63) is 10.1 Å². The van der Waals surface area contributed by atoms with Gasteiger partial charge < -0.3 is 4.74 Å². The van der Waals surface area contributed by atoms with E-state index in [1.54, 1.807) is 6.92 Å². The van der Waals surface area contributed by atoms with E-state index in [1.165, 1.54) is 0 Å². The molecule has 0 aromatic heterocycles. The number of hydrogen-bond acceptors (Lipinski definition) is 4. The van der Waals surface area contributed by atoms with Crippen LogP contribution < -0.4 is 0 Å². The lowest BCUT2D eigenvalue weighted by atomic mass is 9.94. The zero-order valence-electron chi connectivity index (χ0n) is 11.6. The summed E-state index contributed by atoms with van der Waals surface area (Å²) in [7, 11) is 0. The van der Waals surface area contributed by atoms with Crippen molar-refractivity contribution in [1.82, 2.24) is 0 Å². The molecule has 0 aromatic carbocycles. The molecule has 17 heavy (non-hydrogen) atoms. The summed E-state index contributed by atoms with van der Waals surface area (Å²) in [5, 5.41) is 10.4. The first-order valence-corrected chi connectivity index (χ1v) is 6.23. The first-order valence-electron chi connectivity index (χ1n) is 6.23. The summed E-state index contributed by atoms with van der Waals surface area (Å²) >= 11 is 0. The first kappa shape index (κ1) is 18.2. The number of ether oxygens (including phenoxy) is 1. The summed E-state index contributed by atoms with van der Waals surface area (Å²) in [6.07, 6.45) is 0.826. The first-order chi connectivity index (χ1) is 7.95. The highest BCUT2D eigenvalue weighted by Gasteiger charge is 2.21. The summed E-state index contributed by atoms with van der Waals surface area (Å²) in [6, 6.07) is 0. The Hall–Kier alpha value is -1.13. The third-order valence-electron chi connectivity index (χ3n) is 1.97. The summed E-state index contributed by atoms with van der Waals surface area (Å²) < 4.78 is 4.77. The Bertz CT molecular complexity index is 217. The monoisotopic (exact) mass is 247 g/mol. The molecule has 1 unspecified atom stereocenters. The topological polar surface area (TPSA) is 69.4 Å². The molecule has 5 nitrogen and oxygen atoms in total. The number of rotatable bonds is 7. The van der Waals surface area contributed by atoms with Gasteiger partial charge in [-0.1, -0.05) is 27.7 Å². The molecule has 0 aliphatic rings. The predicted octanol–water partition coefficient (Wildman–Crippen LogP) is 2.90. The average Bonchev–Trinajstić information content (AvgIpc) is 2.18. The van der Waals surface area contributed by atoms with Crippen LogP contribution in [-0.2, 0) is 9.53 Å². The van der Waals surface area contributed by atoms with Gasteiger partial charge in [0, 0.05) is 10.8 Å². The third-order valence-corrected chi connectivity index (χ3v) is 1.97. The zero-order chi connectivity index (χ0) is 13.8. The van der Waals surface area contributed by atoms with Gasteiger partial charge in [-0.15, -0.1) is 0 Å². The minimum absolute atomic E-state index is 0.146. The van der Waals surface area contributed by atoms with E-state index in [1.807, 2.05) is 27.7 Å². The lowest BCUT2D eigenvalue weighted by molar-refractivity contribution is -0.488. The van der Waals surface area contributed by atoms with Crippen LogP contribution in [0, 0.1) is 22.0 Å². The Morgan fingerprint density at radius 3 is 2.24 bits per heavy atom. The molecule has 0 saturated carbocycles. The maximum atomic E-state index is 11.2. The minimum Gasteiger partial charge on any atom is -0.466 e. The summed E-state index contributed by atoms with van der Waals surface area (Å²) in [5.74, 6) is -0.201. The molecule has 0 amide bonds. The minimum atomic E-state index is -0.369. The van der Waals surface area contributed by atoms with Crippen LogP contribution >= 0.6 is 0 Å². The van der Waals surface area contributed by atoms with Crippen LogP contribution in [0.5, 0.6) is 0 Å². The van der Waals surface area contributed by atoms with Crippen LogP contribution in [0.4, 0.5) is 0 Å². The highest BCUT2D eigenvalue weighted by molar-refractivity contribution is 5.69. The van der Waals surface area contributed by atoms with Crippen LogP contribution in [0.15, 0.2) is 0 Å². The second-order valence-corrected chi connectivity index (χ2v) is 4.02. The SMILES string of the molecule is CC.CCOC(=O)CC(CC(C)C)C[N+](=O)[O-]. The molecular weight excluding hydrogens is 222 g/mol. The number of esters is 1. The largest absolute Gasteiger partial charge is 0.466 e. The van der Waals surface area contributed by atoms with E-state index in [4.69, 9.17) is 4.74 Å². The number of hydrogen-bond donors (Lipinski definition) is 0. The molecule has 1 atom stereocenters. The van der Waals surface area contributed by atoms with Crippen molar-refractivity contribution in [2.75, 3.05) is 13.2 Å². The normalized spacial score (nSPS) is 11.4. The molecule has 0 rings (SSSR count). The van der Waals surface area contributed by atoms with Crippen LogP contribution in [0.2, 0.25) is 0 Å². The van der Waals surface area contributed by atoms with E-state index in [2.05, 4.69) is 0 Å². The van der Waals surface area contributed by atoms with Gasteiger partial charge in [0.05, 0.1) is 13.0 Å². The standard InChI is InChI=1S/C10H19NO4.C2H6/c1-4-15-10(12)6-9(5-8(2)3)7-11(13)14;1-2/h8-9H,4-7H2,1-3H3;1-2H3. The van der Waals surface area contributed by atoms with Crippen LogP contribution in [0.1, 0.15) is 47.5 Å². The molecule has 0 radical (unpaired) electrons. The molecule has 0 spiro atoms. The molecular formula is C12H25NO4. The van der Waals surface area contributed by atoms with E-state index >= 15 is 0 Å². The van der Waals surface area contributed by atoms with Gasteiger partial charge in [0.15, 0.2) is 0 Å². The van der Waals surface area contributed by atoms with Crippen molar-refractivity contribution in [2.45, 2.75) is 47.5 Å². The van der Waals surface area contributed by atoms with Crippen molar-refractivity contribution >= 4 is 5.97 Å². The van der Waals surface area contributed by atoms with Crippen molar-refractivity contribution in [1.29, 1.82) is 0 Å². The molecule has 0 N–H and O–H groups in total. The van der Waals surface area contributed by atoms with E-state index in [0.29, 0.717) is 18.9 Å². The maximum absolute atomic E-state index is 11.2. The smallest absolute Gasteiger partial charge is 0.306 e. The fourth-order valence-corrected chi connectivity index (χ4v) is 1.56. The van der Waals surface area contributed by atoms with E-state index in [-0.39, 0.29) is 29.8 Å². The van der Waals surface area contributed by atoms with E-state index in [0.717, 1.165) is 0 Å². The van der Waals surface area contributed by atoms with Crippen molar-refractivity contribution in [3.8, 4) is 0 Å². The van der Waals surface area contributed by atoms with Gasteiger partial charge >= 0.3 is 5.97 Å². The Kier molecular flexibility index (Phi) is 12.2. The van der Waals surface area contributed by atoms with Gasteiger partial charge in [0.25, 0.3) is 0 Å². The summed E-state index contributed by atoms with van der Waals surface area (Å²) in [6.45, 7) is 9.86. The van der Waals surface area contributed by atoms with Crippen LogP contribution in [-0.4, -0.2) is 24.0 Å². The molecule has 0 aliphatic carbocycles.